The number of rotatable bonds is 7. The van der Waals surface area contributed by atoms with Crippen molar-refractivity contribution in [2.45, 2.75) is 19.9 Å². The minimum absolute atomic E-state index is 0.0278. The number of nitrogens with one attached hydrogen (secondary N) is 1. The van der Waals surface area contributed by atoms with Crippen LogP contribution in [0.25, 0.3) is 0 Å². The van der Waals surface area contributed by atoms with Crippen molar-refractivity contribution in [2.75, 3.05) is 13.7 Å². The number of hydrogen-bond donors (Lipinski definition) is 1. The number of carbonyl (C=O) groups excluding carboxylic acids is 1. The fourth-order valence-electron chi connectivity index (χ4n) is 1.99. The van der Waals surface area contributed by atoms with Crippen molar-refractivity contribution in [1.82, 2.24) is 10.3 Å². The normalized spacial score (nSPS) is 10.1. The molecule has 0 aliphatic carbocycles. The number of nitrogens with zero attached hydrogens (tertiary/aromatic N) is 1. The maximum atomic E-state index is 12.0. The Labute approximate surface area is 130 Å². The SMILES string of the molecule is CCOc1ccc(CC(=O)NCc2ccnc(OC)c2)cc1. The van der Waals surface area contributed by atoms with Crippen LogP contribution in [0.2, 0.25) is 0 Å². The molecule has 0 spiro atoms. The molecule has 22 heavy (non-hydrogen) atoms. The zero-order chi connectivity index (χ0) is 15.8. The molecular weight excluding hydrogens is 280 g/mol. The molecule has 116 valence electrons. The molecule has 0 aliphatic rings. The van der Waals surface area contributed by atoms with Gasteiger partial charge in [0.2, 0.25) is 11.8 Å². The van der Waals surface area contributed by atoms with E-state index in [0.717, 1.165) is 16.9 Å². The van der Waals surface area contributed by atoms with Crippen molar-refractivity contribution in [3.8, 4) is 11.6 Å². The van der Waals surface area contributed by atoms with Gasteiger partial charge in [-0.05, 0) is 36.2 Å². The average molecular weight is 300 g/mol. The molecule has 0 saturated carbocycles. The van der Waals surface area contributed by atoms with E-state index in [1.54, 1.807) is 19.4 Å². The predicted molar refractivity (Wildman–Crippen MR) is 84.0 cm³/mol. The molecule has 0 unspecified atom stereocenters. The third kappa shape index (κ3) is 4.77. The summed E-state index contributed by atoms with van der Waals surface area (Å²) in [5, 5.41) is 2.88. The molecule has 0 aliphatic heterocycles. The first kappa shape index (κ1) is 15.8. The first-order valence-corrected chi connectivity index (χ1v) is 7.18. The molecule has 0 saturated heterocycles. The molecule has 1 aromatic heterocycles. The first-order chi connectivity index (χ1) is 10.7. The van der Waals surface area contributed by atoms with Crippen LogP contribution in [0.4, 0.5) is 0 Å². The maximum Gasteiger partial charge on any atom is 0.224 e. The molecule has 2 rings (SSSR count). The van der Waals surface area contributed by atoms with Crippen molar-refractivity contribution in [1.29, 1.82) is 0 Å². The van der Waals surface area contributed by atoms with E-state index in [4.69, 9.17) is 9.47 Å². The summed E-state index contributed by atoms with van der Waals surface area (Å²) in [5.41, 5.74) is 1.90. The lowest BCUT2D eigenvalue weighted by atomic mass is 10.1. The van der Waals surface area contributed by atoms with Crippen molar-refractivity contribution in [2.24, 2.45) is 0 Å². The van der Waals surface area contributed by atoms with Crippen LogP contribution in [0, 0.1) is 0 Å². The lowest BCUT2D eigenvalue weighted by molar-refractivity contribution is -0.120. The van der Waals surface area contributed by atoms with Crippen LogP contribution < -0.4 is 14.8 Å². The van der Waals surface area contributed by atoms with Gasteiger partial charge < -0.3 is 14.8 Å². The number of ether oxygens (including phenoxy) is 2. The largest absolute Gasteiger partial charge is 0.494 e. The van der Waals surface area contributed by atoms with Crippen molar-refractivity contribution < 1.29 is 14.3 Å². The molecule has 1 heterocycles. The quantitative estimate of drug-likeness (QED) is 0.852. The summed E-state index contributed by atoms with van der Waals surface area (Å²) >= 11 is 0. The summed E-state index contributed by atoms with van der Waals surface area (Å²) in [4.78, 5) is 16.0. The molecule has 1 N–H and O–H groups in total. The summed E-state index contributed by atoms with van der Waals surface area (Å²) in [7, 11) is 1.57. The maximum absolute atomic E-state index is 12.0. The third-order valence-corrected chi connectivity index (χ3v) is 3.10. The smallest absolute Gasteiger partial charge is 0.224 e. The van der Waals surface area contributed by atoms with Crippen LogP contribution in [0.15, 0.2) is 42.6 Å². The Kier molecular flexibility index (Phi) is 5.77. The van der Waals surface area contributed by atoms with E-state index < -0.39 is 0 Å². The number of pyridine rings is 1. The minimum atomic E-state index is -0.0278. The van der Waals surface area contributed by atoms with Gasteiger partial charge in [-0.2, -0.15) is 0 Å². The van der Waals surface area contributed by atoms with Crippen LogP contribution in [-0.4, -0.2) is 24.6 Å². The van der Waals surface area contributed by atoms with Crippen LogP contribution in [0.1, 0.15) is 18.1 Å². The molecular formula is C17H20N2O3. The summed E-state index contributed by atoms with van der Waals surface area (Å²) in [6, 6.07) is 11.2. The van der Waals surface area contributed by atoms with Crippen LogP contribution in [-0.2, 0) is 17.8 Å². The molecule has 2 aromatic rings. The lowest BCUT2D eigenvalue weighted by Gasteiger charge is -2.07. The molecule has 0 fully saturated rings. The Morgan fingerprint density at radius 1 is 1.18 bits per heavy atom. The molecule has 5 heteroatoms. The molecule has 0 radical (unpaired) electrons. The van der Waals surface area contributed by atoms with Gasteiger partial charge >= 0.3 is 0 Å². The second kappa shape index (κ2) is 8.02. The van der Waals surface area contributed by atoms with E-state index in [9.17, 15) is 4.79 Å². The Hall–Kier alpha value is -2.56. The lowest BCUT2D eigenvalue weighted by Crippen LogP contribution is -2.24. The average Bonchev–Trinajstić information content (AvgIpc) is 2.55. The Bertz CT molecular complexity index is 612. The van der Waals surface area contributed by atoms with Gasteiger partial charge in [-0.25, -0.2) is 4.98 Å². The van der Waals surface area contributed by atoms with E-state index >= 15 is 0 Å². The fraction of sp³-hybridized carbons (Fsp3) is 0.294. The number of amides is 1. The zero-order valence-electron chi connectivity index (χ0n) is 12.8. The van der Waals surface area contributed by atoms with E-state index in [-0.39, 0.29) is 5.91 Å². The molecule has 0 bridgehead atoms. The van der Waals surface area contributed by atoms with Crippen LogP contribution in [0.5, 0.6) is 11.6 Å². The Morgan fingerprint density at radius 2 is 1.95 bits per heavy atom. The highest BCUT2D eigenvalue weighted by Crippen LogP contribution is 2.12. The minimum Gasteiger partial charge on any atom is -0.494 e. The second-order valence-electron chi connectivity index (χ2n) is 4.74. The number of carbonyl (C=O) groups is 1. The van der Waals surface area contributed by atoms with E-state index in [1.165, 1.54) is 0 Å². The molecule has 0 atom stereocenters. The van der Waals surface area contributed by atoms with Gasteiger partial charge in [0, 0.05) is 18.8 Å². The van der Waals surface area contributed by atoms with Crippen molar-refractivity contribution in [3.05, 3.63) is 53.7 Å². The van der Waals surface area contributed by atoms with E-state index in [2.05, 4.69) is 10.3 Å². The van der Waals surface area contributed by atoms with Gasteiger partial charge in [0.25, 0.3) is 0 Å². The number of aromatic nitrogens is 1. The van der Waals surface area contributed by atoms with Crippen molar-refractivity contribution in [3.63, 3.8) is 0 Å². The monoisotopic (exact) mass is 300 g/mol. The highest BCUT2D eigenvalue weighted by molar-refractivity contribution is 5.78. The van der Waals surface area contributed by atoms with Gasteiger partial charge in [0.1, 0.15) is 5.75 Å². The van der Waals surface area contributed by atoms with E-state index in [1.807, 2.05) is 37.3 Å². The number of benzene rings is 1. The Morgan fingerprint density at radius 3 is 2.64 bits per heavy atom. The third-order valence-electron chi connectivity index (χ3n) is 3.10. The van der Waals surface area contributed by atoms with Gasteiger partial charge in [-0.15, -0.1) is 0 Å². The topological polar surface area (TPSA) is 60.5 Å². The number of methoxy groups -OCH3 is 1. The highest BCUT2D eigenvalue weighted by atomic mass is 16.5. The van der Waals surface area contributed by atoms with Crippen LogP contribution >= 0.6 is 0 Å². The summed E-state index contributed by atoms with van der Waals surface area (Å²) < 4.78 is 10.4. The molecule has 5 nitrogen and oxygen atoms in total. The standard InChI is InChI=1S/C17H20N2O3/c1-3-22-15-6-4-13(5-7-15)10-16(20)19-12-14-8-9-18-17(11-14)21-2/h4-9,11H,3,10,12H2,1-2H3,(H,19,20). The van der Waals surface area contributed by atoms with Gasteiger partial charge in [0.15, 0.2) is 0 Å². The summed E-state index contributed by atoms with van der Waals surface area (Å²) in [6.07, 6.45) is 2.00. The Balaban J connectivity index is 1.84. The summed E-state index contributed by atoms with van der Waals surface area (Å²) in [6.45, 7) is 3.03. The predicted octanol–water partition coefficient (Wildman–Crippen LogP) is 2.35. The molecule has 1 aromatic carbocycles. The van der Waals surface area contributed by atoms with E-state index in [0.29, 0.717) is 25.5 Å². The van der Waals surface area contributed by atoms with Gasteiger partial charge in [-0.3, -0.25) is 4.79 Å². The fourth-order valence-corrected chi connectivity index (χ4v) is 1.99. The first-order valence-electron chi connectivity index (χ1n) is 7.18. The highest BCUT2D eigenvalue weighted by Gasteiger charge is 2.04. The second-order valence-corrected chi connectivity index (χ2v) is 4.74. The molecule has 1 amide bonds. The van der Waals surface area contributed by atoms with Crippen molar-refractivity contribution >= 4 is 5.91 Å². The zero-order valence-corrected chi connectivity index (χ0v) is 12.8. The van der Waals surface area contributed by atoms with Crippen LogP contribution in [0.3, 0.4) is 0 Å². The van der Waals surface area contributed by atoms with Gasteiger partial charge in [0.05, 0.1) is 20.1 Å². The number of hydrogen-bond acceptors (Lipinski definition) is 4. The summed E-state index contributed by atoms with van der Waals surface area (Å²) in [5.74, 6) is 1.33. The van der Waals surface area contributed by atoms with Gasteiger partial charge in [-0.1, -0.05) is 12.1 Å².